The largest absolute Gasteiger partial charge is 0.505 e. The first-order valence-corrected chi connectivity index (χ1v) is 5.88. The van der Waals surface area contributed by atoms with Crippen molar-refractivity contribution >= 4 is 0 Å². The van der Waals surface area contributed by atoms with Crippen LogP contribution in [0.15, 0.2) is 18.2 Å². The van der Waals surface area contributed by atoms with Gasteiger partial charge in [-0.1, -0.05) is 26.3 Å². The first-order chi connectivity index (χ1) is 7.67. The maximum Gasteiger partial charge on any atom is 0.165 e. The molecule has 0 saturated carbocycles. The van der Waals surface area contributed by atoms with Gasteiger partial charge in [-0.3, -0.25) is 0 Å². The lowest BCUT2D eigenvalue weighted by atomic mass is 10.1. The molecule has 0 radical (unpaired) electrons. The maximum atomic E-state index is 13.1. The van der Waals surface area contributed by atoms with Crippen LogP contribution < -0.4 is 5.32 Å². The van der Waals surface area contributed by atoms with E-state index in [0.717, 1.165) is 24.8 Å². The molecule has 1 aromatic carbocycles. The summed E-state index contributed by atoms with van der Waals surface area (Å²) in [6.07, 6.45) is 3.36. The number of halogens is 1. The number of hydrogen-bond donors (Lipinski definition) is 2. The first-order valence-electron chi connectivity index (χ1n) is 5.88. The van der Waals surface area contributed by atoms with E-state index < -0.39 is 5.82 Å². The molecule has 1 atom stereocenters. The highest BCUT2D eigenvalue weighted by atomic mass is 19.1. The summed E-state index contributed by atoms with van der Waals surface area (Å²) in [5.41, 5.74) is 0.866. The molecule has 0 aliphatic heterocycles. The lowest BCUT2D eigenvalue weighted by Gasteiger charge is -2.16. The summed E-state index contributed by atoms with van der Waals surface area (Å²) >= 11 is 0. The van der Waals surface area contributed by atoms with Crippen molar-refractivity contribution in [3.8, 4) is 5.75 Å². The molecular formula is C13H20FNO. The van der Waals surface area contributed by atoms with E-state index in [9.17, 15) is 4.39 Å². The van der Waals surface area contributed by atoms with E-state index in [1.54, 1.807) is 6.07 Å². The lowest BCUT2D eigenvalue weighted by molar-refractivity contribution is 0.429. The summed E-state index contributed by atoms with van der Waals surface area (Å²) in [6, 6.07) is 5.00. The molecule has 1 unspecified atom stereocenters. The van der Waals surface area contributed by atoms with Gasteiger partial charge in [-0.05, 0) is 30.5 Å². The van der Waals surface area contributed by atoms with Crippen LogP contribution >= 0.6 is 0 Å². The van der Waals surface area contributed by atoms with Gasteiger partial charge in [-0.25, -0.2) is 4.39 Å². The number of benzene rings is 1. The quantitative estimate of drug-likeness (QED) is 0.779. The molecule has 3 heteroatoms. The fourth-order valence-corrected chi connectivity index (χ4v) is 1.72. The van der Waals surface area contributed by atoms with Crippen LogP contribution in [0.2, 0.25) is 0 Å². The van der Waals surface area contributed by atoms with Gasteiger partial charge in [0.1, 0.15) is 0 Å². The molecule has 90 valence electrons. The summed E-state index contributed by atoms with van der Waals surface area (Å²) in [4.78, 5) is 0. The minimum Gasteiger partial charge on any atom is -0.505 e. The molecule has 1 rings (SSSR count). The second kappa shape index (κ2) is 6.48. The van der Waals surface area contributed by atoms with E-state index in [0.29, 0.717) is 12.6 Å². The number of hydrogen-bond acceptors (Lipinski definition) is 2. The topological polar surface area (TPSA) is 32.3 Å². The van der Waals surface area contributed by atoms with Crippen LogP contribution in [0, 0.1) is 5.82 Å². The van der Waals surface area contributed by atoms with Gasteiger partial charge in [0.05, 0.1) is 0 Å². The highest BCUT2D eigenvalue weighted by molar-refractivity contribution is 5.27. The zero-order valence-electron chi connectivity index (χ0n) is 9.96. The highest BCUT2D eigenvalue weighted by Crippen LogP contribution is 2.16. The molecule has 2 N–H and O–H groups in total. The fourth-order valence-electron chi connectivity index (χ4n) is 1.72. The Hall–Kier alpha value is -1.09. The zero-order valence-corrected chi connectivity index (χ0v) is 9.96. The minimum atomic E-state index is -0.553. The van der Waals surface area contributed by atoms with E-state index in [1.165, 1.54) is 12.1 Å². The second-order valence-electron chi connectivity index (χ2n) is 4.06. The predicted octanol–water partition coefficient (Wildman–Crippen LogP) is 3.20. The molecule has 0 saturated heterocycles. The van der Waals surface area contributed by atoms with E-state index >= 15 is 0 Å². The van der Waals surface area contributed by atoms with Gasteiger partial charge in [0.2, 0.25) is 0 Å². The van der Waals surface area contributed by atoms with Crippen molar-refractivity contribution in [2.24, 2.45) is 0 Å². The molecule has 0 spiro atoms. The average molecular weight is 225 g/mol. The molecule has 0 aromatic heterocycles. The molecule has 0 heterocycles. The summed E-state index contributed by atoms with van der Waals surface area (Å²) in [5, 5.41) is 12.4. The fraction of sp³-hybridized carbons (Fsp3) is 0.538. The third-order valence-corrected chi connectivity index (χ3v) is 2.74. The number of rotatable bonds is 6. The van der Waals surface area contributed by atoms with Gasteiger partial charge in [0.15, 0.2) is 11.6 Å². The Bertz CT molecular complexity index is 328. The molecule has 1 aromatic rings. The molecule has 0 aliphatic rings. The third-order valence-electron chi connectivity index (χ3n) is 2.74. The molecule has 0 fully saturated rings. The van der Waals surface area contributed by atoms with Crippen LogP contribution in [0.25, 0.3) is 0 Å². The van der Waals surface area contributed by atoms with Crippen molar-refractivity contribution in [2.45, 2.75) is 45.7 Å². The average Bonchev–Trinajstić information content (AvgIpc) is 2.28. The van der Waals surface area contributed by atoms with Gasteiger partial charge < -0.3 is 10.4 Å². The van der Waals surface area contributed by atoms with Crippen molar-refractivity contribution in [3.05, 3.63) is 29.6 Å². The van der Waals surface area contributed by atoms with Gasteiger partial charge in [-0.15, -0.1) is 0 Å². The number of nitrogens with one attached hydrogen (secondary N) is 1. The Morgan fingerprint density at radius 2 is 2.12 bits per heavy atom. The number of aromatic hydroxyl groups is 1. The minimum absolute atomic E-state index is 0.288. The standard InChI is InChI=1S/C13H20FNO/c1-3-5-11(4-2)15-9-10-6-7-13(16)12(14)8-10/h6-8,11,15-16H,3-5,9H2,1-2H3. The summed E-state index contributed by atoms with van der Waals surface area (Å²) in [7, 11) is 0. The SMILES string of the molecule is CCCC(CC)NCc1ccc(O)c(F)c1. The van der Waals surface area contributed by atoms with Gasteiger partial charge in [0, 0.05) is 12.6 Å². The lowest BCUT2D eigenvalue weighted by Crippen LogP contribution is -2.27. The van der Waals surface area contributed by atoms with Crippen LogP contribution in [-0.4, -0.2) is 11.1 Å². The third kappa shape index (κ3) is 3.81. The monoisotopic (exact) mass is 225 g/mol. The first kappa shape index (κ1) is 13.0. The Balaban J connectivity index is 2.50. The van der Waals surface area contributed by atoms with Gasteiger partial charge in [0.25, 0.3) is 0 Å². The van der Waals surface area contributed by atoms with Crippen molar-refractivity contribution in [1.82, 2.24) is 5.32 Å². The Morgan fingerprint density at radius 1 is 1.38 bits per heavy atom. The summed E-state index contributed by atoms with van der Waals surface area (Å²) < 4.78 is 13.1. The smallest absolute Gasteiger partial charge is 0.165 e. The van der Waals surface area contributed by atoms with Crippen LogP contribution in [0.3, 0.4) is 0 Å². The summed E-state index contributed by atoms with van der Waals surface area (Å²) in [5.74, 6) is -0.841. The van der Waals surface area contributed by atoms with Gasteiger partial charge >= 0.3 is 0 Å². The predicted molar refractivity (Wildman–Crippen MR) is 63.9 cm³/mol. The van der Waals surface area contributed by atoms with E-state index in [-0.39, 0.29) is 5.75 Å². The number of phenols is 1. The number of phenolic OH excluding ortho intramolecular Hbond substituents is 1. The van der Waals surface area contributed by atoms with E-state index in [4.69, 9.17) is 5.11 Å². The van der Waals surface area contributed by atoms with E-state index in [2.05, 4.69) is 19.2 Å². The van der Waals surface area contributed by atoms with Gasteiger partial charge in [-0.2, -0.15) is 0 Å². The molecule has 0 aliphatic carbocycles. The Kier molecular flexibility index (Phi) is 5.26. The zero-order chi connectivity index (χ0) is 12.0. The highest BCUT2D eigenvalue weighted by Gasteiger charge is 2.05. The molecule has 0 amide bonds. The molecule has 16 heavy (non-hydrogen) atoms. The van der Waals surface area contributed by atoms with Crippen molar-refractivity contribution in [3.63, 3.8) is 0 Å². The van der Waals surface area contributed by atoms with Crippen molar-refractivity contribution in [1.29, 1.82) is 0 Å². The Labute approximate surface area is 96.5 Å². The van der Waals surface area contributed by atoms with Crippen LogP contribution in [-0.2, 0) is 6.54 Å². The summed E-state index contributed by atoms with van der Waals surface area (Å²) in [6.45, 7) is 4.95. The molecular weight excluding hydrogens is 205 g/mol. The molecule has 2 nitrogen and oxygen atoms in total. The van der Waals surface area contributed by atoms with E-state index in [1.807, 2.05) is 0 Å². The van der Waals surface area contributed by atoms with Crippen molar-refractivity contribution in [2.75, 3.05) is 0 Å². The van der Waals surface area contributed by atoms with Crippen LogP contribution in [0.5, 0.6) is 5.75 Å². The molecule has 0 bridgehead atoms. The van der Waals surface area contributed by atoms with Crippen molar-refractivity contribution < 1.29 is 9.50 Å². The normalized spacial score (nSPS) is 12.7. The second-order valence-corrected chi connectivity index (χ2v) is 4.06. The maximum absolute atomic E-state index is 13.1. The Morgan fingerprint density at radius 3 is 2.69 bits per heavy atom. The van der Waals surface area contributed by atoms with Crippen LogP contribution in [0.1, 0.15) is 38.7 Å². The van der Waals surface area contributed by atoms with Crippen LogP contribution in [0.4, 0.5) is 4.39 Å².